The van der Waals surface area contributed by atoms with Crippen molar-refractivity contribution >= 4 is 23.8 Å². The molecule has 0 fully saturated rings. The Hall–Kier alpha value is -1.73. The Kier molecular flexibility index (Phi) is 6.67. The first-order valence-electron chi connectivity index (χ1n) is 5.69. The Balaban J connectivity index is 2.43. The largest absolute Gasteiger partial charge is 0.462 e. The van der Waals surface area contributed by atoms with Gasteiger partial charge in [0.15, 0.2) is 0 Å². The lowest BCUT2D eigenvalue weighted by Gasteiger charge is -2.00. The SMILES string of the molecule is CCSCCOC(=O)/C=C/c1cccc(C#N)c1. The minimum Gasteiger partial charge on any atom is -0.462 e. The number of carbonyl (C=O) groups excluding carboxylic acids is 1. The van der Waals surface area contributed by atoms with Crippen LogP contribution in [0.25, 0.3) is 6.08 Å². The van der Waals surface area contributed by atoms with Crippen LogP contribution >= 0.6 is 11.8 Å². The molecule has 0 bridgehead atoms. The molecule has 4 heteroatoms. The van der Waals surface area contributed by atoms with Crippen molar-refractivity contribution in [2.75, 3.05) is 18.1 Å². The van der Waals surface area contributed by atoms with E-state index in [1.54, 1.807) is 36.0 Å². The number of benzene rings is 1. The predicted molar refractivity (Wildman–Crippen MR) is 74.1 cm³/mol. The molecule has 0 radical (unpaired) electrons. The van der Waals surface area contributed by atoms with Gasteiger partial charge in [0.25, 0.3) is 0 Å². The van der Waals surface area contributed by atoms with Crippen molar-refractivity contribution in [3.8, 4) is 6.07 Å². The Morgan fingerprint density at radius 1 is 1.56 bits per heavy atom. The van der Waals surface area contributed by atoms with Crippen molar-refractivity contribution < 1.29 is 9.53 Å². The molecule has 0 unspecified atom stereocenters. The molecule has 0 aliphatic carbocycles. The van der Waals surface area contributed by atoms with Crippen LogP contribution in [0.15, 0.2) is 30.3 Å². The van der Waals surface area contributed by atoms with Crippen molar-refractivity contribution in [3.05, 3.63) is 41.5 Å². The molecule has 1 rings (SSSR count). The second-order valence-electron chi connectivity index (χ2n) is 3.44. The highest BCUT2D eigenvalue weighted by Crippen LogP contribution is 2.06. The number of rotatable bonds is 6. The van der Waals surface area contributed by atoms with Crippen LogP contribution in [-0.2, 0) is 9.53 Å². The van der Waals surface area contributed by atoms with Crippen molar-refractivity contribution in [2.45, 2.75) is 6.92 Å². The summed E-state index contributed by atoms with van der Waals surface area (Å²) in [6.07, 6.45) is 3.03. The zero-order valence-corrected chi connectivity index (χ0v) is 11.1. The van der Waals surface area contributed by atoms with Gasteiger partial charge in [-0.25, -0.2) is 4.79 Å². The Labute approximate surface area is 111 Å². The number of hydrogen-bond acceptors (Lipinski definition) is 4. The zero-order valence-electron chi connectivity index (χ0n) is 10.3. The Morgan fingerprint density at radius 2 is 2.39 bits per heavy atom. The van der Waals surface area contributed by atoms with Crippen molar-refractivity contribution in [1.82, 2.24) is 0 Å². The number of nitriles is 1. The first-order chi connectivity index (χ1) is 8.76. The van der Waals surface area contributed by atoms with Crippen LogP contribution in [0.5, 0.6) is 0 Å². The lowest BCUT2D eigenvalue weighted by atomic mass is 10.1. The third-order valence-corrected chi connectivity index (χ3v) is 2.97. The normalized spacial score (nSPS) is 10.2. The molecule has 0 atom stereocenters. The summed E-state index contributed by atoms with van der Waals surface area (Å²) in [5.74, 6) is 1.49. The quantitative estimate of drug-likeness (QED) is 0.449. The van der Waals surface area contributed by atoms with Crippen LogP contribution in [0.1, 0.15) is 18.1 Å². The molecule has 0 saturated heterocycles. The number of hydrogen-bond donors (Lipinski definition) is 0. The fraction of sp³-hybridized carbons (Fsp3) is 0.286. The summed E-state index contributed by atoms with van der Waals surface area (Å²) in [6.45, 7) is 2.49. The smallest absolute Gasteiger partial charge is 0.330 e. The van der Waals surface area contributed by atoms with Gasteiger partial charge in [-0.15, -0.1) is 0 Å². The third-order valence-electron chi connectivity index (χ3n) is 2.10. The minimum absolute atomic E-state index is 0.353. The molecule has 0 aromatic heterocycles. The fourth-order valence-corrected chi connectivity index (χ4v) is 1.76. The number of carbonyl (C=O) groups is 1. The van der Waals surface area contributed by atoms with Crippen molar-refractivity contribution in [1.29, 1.82) is 5.26 Å². The van der Waals surface area contributed by atoms with E-state index in [1.807, 2.05) is 6.07 Å². The summed E-state index contributed by atoms with van der Waals surface area (Å²) in [4.78, 5) is 11.4. The van der Waals surface area contributed by atoms with Gasteiger partial charge in [-0.05, 0) is 29.5 Å². The van der Waals surface area contributed by atoms with Gasteiger partial charge >= 0.3 is 5.97 Å². The van der Waals surface area contributed by atoms with Crippen LogP contribution in [0, 0.1) is 11.3 Å². The number of esters is 1. The molecule has 94 valence electrons. The third kappa shape index (κ3) is 5.55. The highest BCUT2D eigenvalue weighted by atomic mass is 32.2. The van der Waals surface area contributed by atoms with Crippen LogP contribution < -0.4 is 0 Å². The van der Waals surface area contributed by atoms with E-state index in [0.29, 0.717) is 12.2 Å². The van der Waals surface area contributed by atoms with Crippen molar-refractivity contribution in [3.63, 3.8) is 0 Å². The summed E-state index contributed by atoms with van der Waals surface area (Å²) < 4.78 is 5.01. The summed E-state index contributed by atoms with van der Waals surface area (Å²) in [7, 11) is 0. The van der Waals surface area contributed by atoms with Gasteiger partial charge in [-0.1, -0.05) is 19.1 Å². The van der Waals surface area contributed by atoms with E-state index in [0.717, 1.165) is 17.1 Å². The molecule has 0 amide bonds. The van der Waals surface area contributed by atoms with Crippen LogP contribution in [0.3, 0.4) is 0 Å². The number of thioether (sulfide) groups is 1. The average Bonchev–Trinajstić information content (AvgIpc) is 2.41. The standard InChI is InChI=1S/C14H15NO2S/c1-2-18-9-8-17-14(16)7-6-12-4-3-5-13(10-12)11-15/h3-7,10H,2,8-9H2,1H3/b7-6+. The van der Waals surface area contributed by atoms with Crippen LogP contribution in [0.4, 0.5) is 0 Å². The van der Waals surface area contributed by atoms with E-state index in [-0.39, 0.29) is 5.97 Å². The maximum Gasteiger partial charge on any atom is 0.330 e. The van der Waals surface area contributed by atoms with E-state index >= 15 is 0 Å². The first-order valence-corrected chi connectivity index (χ1v) is 6.84. The number of ether oxygens (including phenoxy) is 1. The maximum absolute atomic E-state index is 11.4. The maximum atomic E-state index is 11.4. The second kappa shape index (κ2) is 8.37. The van der Waals surface area contributed by atoms with Gasteiger partial charge in [0, 0.05) is 11.8 Å². The molecule has 18 heavy (non-hydrogen) atoms. The van der Waals surface area contributed by atoms with E-state index < -0.39 is 0 Å². The molecule has 1 aromatic rings. The van der Waals surface area contributed by atoms with Gasteiger partial charge in [0.05, 0.1) is 11.6 Å². The zero-order chi connectivity index (χ0) is 13.2. The molecule has 0 heterocycles. The van der Waals surface area contributed by atoms with Gasteiger partial charge in [0.1, 0.15) is 6.61 Å². The Morgan fingerprint density at radius 3 is 3.11 bits per heavy atom. The lowest BCUT2D eigenvalue weighted by molar-refractivity contribution is -0.137. The van der Waals surface area contributed by atoms with E-state index in [1.165, 1.54) is 6.08 Å². The number of nitrogens with zero attached hydrogens (tertiary/aromatic N) is 1. The summed E-state index contributed by atoms with van der Waals surface area (Å²) in [5, 5.41) is 8.74. The summed E-state index contributed by atoms with van der Waals surface area (Å²) in [5.41, 5.74) is 1.39. The molecule has 0 spiro atoms. The molecule has 0 saturated carbocycles. The second-order valence-corrected chi connectivity index (χ2v) is 4.83. The van der Waals surface area contributed by atoms with Gasteiger partial charge in [-0.3, -0.25) is 0 Å². The molecule has 0 aliphatic heterocycles. The van der Waals surface area contributed by atoms with Gasteiger partial charge < -0.3 is 4.74 Å². The van der Waals surface area contributed by atoms with E-state index in [2.05, 4.69) is 13.0 Å². The fourth-order valence-electron chi connectivity index (χ4n) is 1.27. The summed E-state index contributed by atoms with van der Waals surface area (Å²) in [6, 6.07) is 9.10. The van der Waals surface area contributed by atoms with Crippen LogP contribution in [-0.4, -0.2) is 24.1 Å². The van der Waals surface area contributed by atoms with Gasteiger partial charge in [-0.2, -0.15) is 17.0 Å². The highest BCUT2D eigenvalue weighted by molar-refractivity contribution is 7.99. The van der Waals surface area contributed by atoms with E-state index in [9.17, 15) is 4.79 Å². The summed E-state index contributed by atoms with van der Waals surface area (Å²) >= 11 is 1.73. The minimum atomic E-state index is -0.353. The topological polar surface area (TPSA) is 50.1 Å². The van der Waals surface area contributed by atoms with Gasteiger partial charge in [0.2, 0.25) is 0 Å². The van der Waals surface area contributed by atoms with Crippen molar-refractivity contribution in [2.24, 2.45) is 0 Å². The highest BCUT2D eigenvalue weighted by Gasteiger charge is 1.97. The lowest BCUT2D eigenvalue weighted by Crippen LogP contribution is -2.04. The molecular weight excluding hydrogens is 246 g/mol. The molecule has 0 N–H and O–H groups in total. The monoisotopic (exact) mass is 261 g/mol. The average molecular weight is 261 g/mol. The molecule has 1 aromatic carbocycles. The molecule has 0 aliphatic rings. The molecular formula is C14H15NO2S. The first kappa shape index (κ1) is 14.3. The molecule has 3 nitrogen and oxygen atoms in total. The predicted octanol–water partition coefficient (Wildman–Crippen LogP) is 2.87. The van der Waals surface area contributed by atoms with Crippen LogP contribution in [0.2, 0.25) is 0 Å². The Bertz CT molecular complexity index is 463. The van der Waals surface area contributed by atoms with E-state index in [4.69, 9.17) is 10.00 Å².